The van der Waals surface area contributed by atoms with Gasteiger partial charge in [0, 0.05) is 0 Å². The third kappa shape index (κ3) is 4.12. The summed E-state index contributed by atoms with van der Waals surface area (Å²) in [5.74, 6) is -1.70. The standard InChI is InChI=1S/C18H16N2O7S/c21-16(10-19-18(23)26-11-13-6-2-1-3-7-13)27-12-20-17(22)14-8-4-5-9-15(14)28(20,24)25/h1-9H,10-12H2,(H,19,23). The molecule has 1 N–H and O–H groups in total. The quantitative estimate of drug-likeness (QED) is 0.720. The Labute approximate surface area is 160 Å². The summed E-state index contributed by atoms with van der Waals surface area (Å²) in [5, 5.41) is 2.19. The molecule has 2 amide bonds. The Morgan fingerprint density at radius 1 is 0.964 bits per heavy atom. The second-order valence-corrected chi connectivity index (χ2v) is 7.55. The minimum absolute atomic E-state index is 0.0150. The minimum Gasteiger partial charge on any atom is -0.445 e. The Morgan fingerprint density at radius 2 is 1.64 bits per heavy atom. The van der Waals surface area contributed by atoms with Gasteiger partial charge in [-0.05, 0) is 17.7 Å². The van der Waals surface area contributed by atoms with Crippen molar-refractivity contribution >= 4 is 28.0 Å². The maximum atomic E-state index is 12.3. The van der Waals surface area contributed by atoms with E-state index in [2.05, 4.69) is 5.32 Å². The van der Waals surface area contributed by atoms with Gasteiger partial charge in [-0.25, -0.2) is 13.2 Å². The second-order valence-electron chi connectivity index (χ2n) is 5.72. The Bertz CT molecular complexity index is 1010. The number of ether oxygens (including phenoxy) is 2. The van der Waals surface area contributed by atoms with Gasteiger partial charge in [-0.2, -0.15) is 4.31 Å². The van der Waals surface area contributed by atoms with Gasteiger partial charge in [-0.1, -0.05) is 42.5 Å². The molecule has 0 saturated heterocycles. The molecule has 0 spiro atoms. The monoisotopic (exact) mass is 404 g/mol. The summed E-state index contributed by atoms with van der Waals surface area (Å²) in [6.45, 7) is -1.29. The number of nitrogens with zero attached hydrogens (tertiary/aromatic N) is 1. The van der Waals surface area contributed by atoms with Crippen molar-refractivity contribution in [2.45, 2.75) is 11.5 Å². The van der Waals surface area contributed by atoms with Crippen LogP contribution in [-0.4, -0.2) is 44.0 Å². The van der Waals surface area contributed by atoms with Gasteiger partial charge in [-0.3, -0.25) is 9.59 Å². The lowest BCUT2D eigenvalue weighted by Crippen LogP contribution is -2.36. The van der Waals surface area contributed by atoms with Crippen LogP contribution in [-0.2, 0) is 30.9 Å². The van der Waals surface area contributed by atoms with E-state index in [0.717, 1.165) is 5.56 Å². The van der Waals surface area contributed by atoms with Crippen LogP contribution < -0.4 is 5.32 Å². The van der Waals surface area contributed by atoms with E-state index in [0.29, 0.717) is 4.31 Å². The molecular weight excluding hydrogens is 388 g/mol. The van der Waals surface area contributed by atoms with Crippen LogP contribution in [0.2, 0.25) is 0 Å². The zero-order chi connectivity index (χ0) is 20.1. The number of carbonyl (C=O) groups excluding carboxylic acids is 3. The molecule has 1 aliphatic rings. The SMILES string of the molecule is O=C(CNC(=O)OCc1ccccc1)OCN1C(=O)c2ccccc2S1(=O)=O. The van der Waals surface area contributed by atoms with Crippen LogP contribution >= 0.6 is 0 Å². The largest absolute Gasteiger partial charge is 0.445 e. The summed E-state index contributed by atoms with van der Waals surface area (Å²) in [6.07, 6.45) is -0.835. The summed E-state index contributed by atoms with van der Waals surface area (Å²) in [4.78, 5) is 35.4. The fourth-order valence-electron chi connectivity index (χ4n) is 2.46. The number of hydrogen-bond donors (Lipinski definition) is 1. The number of sulfonamides is 1. The van der Waals surface area contributed by atoms with Crippen molar-refractivity contribution in [2.75, 3.05) is 13.3 Å². The first-order chi connectivity index (χ1) is 13.4. The van der Waals surface area contributed by atoms with Crippen molar-refractivity contribution in [1.29, 1.82) is 0 Å². The lowest BCUT2D eigenvalue weighted by molar-refractivity contribution is -0.144. The highest BCUT2D eigenvalue weighted by Gasteiger charge is 2.41. The van der Waals surface area contributed by atoms with Gasteiger partial charge >= 0.3 is 12.1 Å². The van der Waals surface area contributed by atoms with E-state index in [1.807, 2.05) is 6.07 Å². The molecule has 28 heavy (non-hydrogen) atoms. The van der Waals surface area contributed by atoms with Crippen LogP contribution in [0.1, 0.15) is 15.9 Å². The molecule has 146 valence electrons. The van der Waals surface area contributed by atoms with E-state index in [4.69, 9.17) is 9.47 Å². The maximum absolute atomic E-state index is 12.3. The van der Waals surface area contributed by atoms with Gasteiger partial charge in [-0.15, -0.1) is 0 Å². The predicted octanol–water partition coefficient (Wildman–Crippen LogP) is 1.26. The van der Waals surface area contributed by atoms with Gasteiger partial charge in [0.05, 0.1) is 5.56 Å². The van der Waals surface area contributed by atoms with Crippen molar-refractivity contribution < 1.29 is 32.3 Å². The van der Waals surface area contributed by atoms with E-state index in [1.165, 1.54) is 24.3 Å². The van der Waals surface area contributed by atoms with Crippen LogP contribution in [0, 0.1) is 0 Å². The number of rotatable bonds is 6. The van der Waals surface area contributed by atoms with E-state index in [1.54, 1.807) is 24.3 Å². The van der Waals surface area contributed by atoms with Crippen molar-refractivity contribution in [3.63, 3.8) is 0 Å². The first-order valence-electron chi connectivity index (χ1n) is 8.16. The predicted molar refractivity (Wildman–Crippen MR) is 95.4 cm³/mol. The van der Waals surface area contributed by atoms with Crippen LogP contribution in [0.25, 0.3) is 0 Å². The van der Waals surface area contributed by atoms with E-state index in [9.17, 15) is 22.8 Å². The summed E-state index contributed by atoms with van der Waals surface area (Å²) in [6, 6.07) is 14.6. The Morgan fingerprint density at radius 3 is 2.36 bits per heavy atom. The highest BCUT2D eigenvalue weighted by atomic mass is 32.2. The van der Waals surface area contributed by atoms with Gasteiger partial charge < -0.3 is 14.8 Å². The molecule has 9 nitrogen and oxygen atoms in total. The zero-order valence-electron chi connectivity index (χ0n) is 14.5. The molecule has 3 rings (SSSR count). The average molecular weight is 404 g/mol. The van der Waals surface area contributed by atoms with Crippen molar-refractivity contribution in [3.8, 4) is 0 Å². The third-order valence-corrected chi connectivity index (χ3v) is 5.61. The van der Waals surface area contributed by atoms with Gasteiger partial charge in [0.1, 0.15) is 18.0 Å². The summed E-state index contributed by atoms with van der Waals surface area (Å²) < 4.78 is 34.8. The van der Waals surface area contributed by atoms with E-state index in [-0.39, 0.29) is 17.1 Å². The first kappa shape index (κ1) is 19.4. The molecule has 0 saturated carbocycles. The smallest absolute Gasteiger partial charge is 0.407 e. The van der Waals surface area contributed by atoms with E-state index >= 15 is 0 Å². The molecule has 2 aromatic carbocycles. The van der Waals surface area contributed by atoms with E-state index < -0.39 is 41.3 Å². The average Bonchev–Trinajstić information content (AvgIpc) is 2.90. The molecular formula is C18H16N2O7S. The Kier molecular flexibility index (Phi) is 5.59. The Balaban J connectivity index is 1.46. The number of benzene rings is 2. The molecule has 1 heterocycles. The highest BCUT2D eigenvalue weighted by Crippen LogP contribution is 2.29. The molecule has 0 aliphatic carbocycles. The molecule has 2 aromatic rings. The summed E-state index contributed by atoms with van der Waals surface area (Å²) >= 11 is 0. The Hall–Kier alpha value is -3.40. The van der Waals surface area contributed by atoms with Crippen molar-refractivity contribution in [1.82, 2.24) is 9.62 Å². The summed E-state index contributed by atoms with van der Waals surface area (Å²) in [7, 11) is -4.07. The molecule has 0 bridgehead atoms. The number of nitrogens with one attached hydrogen (secondary N) is 1. The molecule has 10 heteroatoms. The number of fused-ring (bicyclic) bond motifs is 1. The van der Waals surface area contributed by atoms with Crippen molar-refractivity contribution in [3.05, 3.63) is 65.7 Å². The molecule has 1 aliphatic heterocycles. The van der Waals surface area contributed by atoms with Gasteiger partial charge in [0.15, 0.2) is 6.73 Å². The van der Waals surface area contributed by atoms with Crippen LogP contribution in [0.3, 0.4) is 0 Å². The topological polar surface area (TPSA) is 119 Å². The number of hydrogen-bond acceptors (Lipinski definition) is 7. The number of amides is 2. The number of carbonyl (C=O) groups is 3. The first-order valence-corrected chi connectivity index (χ1v) is 9.60. The summed E-state index contributed by atoms with van der Waals surface area (Å²) in [5.41, 5.74) is 0.790. The third-order valence-electron chi connectivity index (χ3n) is 3.84. The molecule has 0 unspecified atom stereocenters. The molecule has 0 atom stereocenters. The lowest BCUT2D eigenvalue weighted by Gasteiger charge is -2.15. The second kappa shape index (κ2) is 8.09. The molecule has 0 radical (unpaired) electrons. The molecule has 0 aromatic heterocycles. The molecule has 0 fully saturated rings. The van der Waals surface area contributed by atoms with Gasteiger partial charge in [0.25, 0.3) is 15.9 Å². The normalized spacial score (nSPS) is 14.3. The van der Waals surface area contributed by atoms with Gasteiger partial charge in [0.2, 0.25) is 0 Å². The number of alkyl carbamates (subject to hydrolysis) is 1. The fourth-order valence-corrected chi connectivity index (χ4v) is 3.89. The van der Waals surface area contributed by atoms with Crippen LogP contribution in [0.4, 0.5) is 4.79 Å². The maximum Gasteiger partial charge on any atom is 0.407 e. The fraction of sp³-hybridized carbons (Fsp3) is 0.167. The zero-order valence-corrected chi connectivity index (χ0v) is 15.3. The van der Waals surface area contributed by atoms with Crippen molar-refractivity contribution in [2.24, 2.45) is 0 Å². The van der Waals surface area contributed by atoms with Crippen LogP contribution in [0.15, 0.2) is 59.5 Å². The number of esters is 1. The highest BCUT2D eigenvalue weighted by molar-refractivity contribution is 7.90. The lowest BCUT2D eigenvalue weighted by atomic mass is 10.2. The van der Waals surface area contributed by atoms with Crippen LogP contribution in [0.5, 0.6) is 0 Å². The minimum atomic E-state index is -4.07.